The quantitative estimate of drug-likeness (QED) is 0.696. The summed E-state index contributed by atoms with van der Waals surface area (Å²) in [6.45, 7) is 0. The number of rotatable bonds is 3. The second-order valence-corrected chi connectivity index (χ2v) is 3.63. The summed E-state index contributed by atoms with van der Waals surface area (Å²) in [7, 11) is 0. The molecular formula is C13H13N3O. The zero-order chi connectivity index (χ0) is 12.3. The van der Waals surface area contributed by atoms with E-state index >= 15 is 0 Å². The Morgan fingerprint density at radius 3 is 2.47 bits per heavy atom. The summed E-state index contributed by atoms with van der Waals surface area (Å²) in [4.78, 5) is 11.0. The van der Waals surface area contributed by atoms with Gasteiger partial charge in [0.1, 0.15) is 5.70 Å². The molecule has 0 aliphatic heterocycles. The largest absolute Gasteiger partial charge is 0.403 e. The molecule has 0 saturated heterocycles. The van der Waals surface area contributed by atoms with Crippen LogP contribution in [0.2, 0.25) is 0 Å². The van der Waals surface area contributed by atoms with E-state index < -0.39 is 5.91 Å². The second-order valence-electron chi connectivity index (χ2n) is 3.63. The van der Waals surface area contributed by atoms with Crippen molar-refractivity contribution >= 4 is 22.4 Å². The van der Waals surface area contributed by atoms with Crippen LogP contribution in [0.5, 0.6) is 0 Å². The fraction of sp³-hybridized carbons (Fsp3) is 0. The number of anilines is 1. The minimum atomic E-state index is -0.583. The number of fused-ring (bicyclic) bond motifs is 1. The molecule has 5 N–H and O–H groups in total. The van der Waals surface area contributed by atoms with Gasteiger partial charge in [0.05, 0.1) is 0 Å². The van der Waals surface area contributed by atoms with Crippen LogP contribution in [0.15, 0.2) is 54.4 Å². The van der Waals surface area contributed by atoms with E-state index in [2.05, 4.69) is 5.32 Å². The number of nitrogens with one attached hydrogen (secondary N) is 1. The third kappa shape index (κ3) is 2.36. The van der Waals surface area contributed by atoms with Crippen LogP contribution in [0, 0.1) is 0 Å². The van der Waals surface area contributed by atoms with Crippen LogP contribution in [0.3, 0.4) is 0 Å². The highest BCUT2D eigenvalue weighted by Crippen LogP contribution is 2.19. The molecule has 0 heterocycles. The molecular weight excluding hydrogens is 214 g/mol. The zero-order valence-electron chi connectivity index (χ0n) is 9.18. The van der Waals surface area contributed by atoms with Crippen molar-refractivity contribution in [2.24, 2.45) is 11.5 Å². The Labute approximate surface area is 98.9 Å². The van der Waals surface area contributed by atoms with Gasteiger partial charge >= 0.3 is 0 Å². The summed E-state index contributed by atoms with van der Waals surface area (Å²) in [6, 6.07) is 13.7. The van der Waals surface area contributed by atoms with E-state index in [1.54, 1.807) is 0 Å². The molecule has 4 heteroatoms. The Morgan fingerprint density at radius 1 is 1.12 bits per heavy atom. The van der Waals surface area contributed by atoms with E-state index in [-0.39, 0.29) is 5.70 Å². The van der Waals surface area contributed by atoms with Crippen molar-refractivity contribution in [3.05, 3.63) is 54.4 Å². The molecule has 4 nitrogen and oxygen atoms in total. The van der Waals surface area contributed by atoms with Gasteiger partial charge in [-0.2, -0.15) is 0 Å². The second kappa shape index (κ2) is 4.57. The Hall–Kier alpha value is -2.49. The van der Waals surface area contributed by atoms with Gasteiger partial charge in [0, 0.05) is 11.9 Å². The van der Waals surface area contributed by atoms with Crippen molar-refractivity contribution in [1.29, 1.82) is 0 Å². The van der Waals surface area contributed by atoms with E-state index in [0.29, 0.717) is 0 Å². The van der Waals surface area contributed by atoms with Gasteiger partial charge in [0.2, 0.25) is 0 Å². The summed E-state index contributed by atoms with van der Waals surface area (Å²) >= 11 is 0. The molecule has 17 heavy (non-hydrogen) atoms. The molecule has 2 rings (SSSR count). The summed E-state index contributed by atoms with van der Waals surface area (Å²) in [6.07, 6.45) is 1.16. The highest BCUT2D eigenvalue weighted by Gasteiger charge is 2.04. The van der Waals surface area contributed by atoms with Crippen molar-refractivity contribution in [1.82, 2.24) is 0 Å². The minimum absolute atomic E-state index is 0.181. The van der Waals surface area contributed by atoms with Crippen molar-refractivity contribution in [2.75, 3.05) is 5.32 Å². The number of hydrogen-bond acceptors (Lipinski definition) is 3. The zero-order valence-corrected chi connectivity index (χ0v) is 9.18. The Balaban J connectivity index is 2.34. The maximum absolute atomic E-state index is 11.0. The lowest BCUT2D eigenvalue weighted by Crippen LogP contribution is -2.21. The van der Waals surface area contributed by atoms with Crippen LogP contribution in [0.25, 0.3) is 10.8 Å². The van der Waals surface area contributed by atoms with Crippen molar-refractivity contribution in [3.8, 4) is 0 Å². The van der Waals surface area contributed by atoms with Gasteiger partial charge < -0.3 is 16.8 Å². The van der Waals surface area contributed by atoms with Gasteiger partial charge in [0.15, 0.2) is 0 Å². The highest BCUT2D eigenvalue weighted by molar-refractivity contribution is 5.95. The molecule has 0 unspecified atom stereocenters. The van der Waals surface area contributed by atoms with Crippen LogP contribution < -0.4 is 16.8 Å². The average Bonchev–Trinajstić information content (AvgIpc) is 2.35. The van der Waals surface area contributed by atoms with Gasteiger partial charge in [-0.3, -0.25) is 4.79 Å². The third-order valence-electron chi connectivity index (χ3n) is 2.46. The van der Waals surface area contributed by atoms with Crippen molar-refractivity contribution in [2.45, 2.75) is 0 Å². The maximum atomic E-state index is 11.0. The molecule has 0 atom stereocenters. The first-order valence-electron chi connectivity index (χ1n) is 5.18. The smallest absolute Gasteiger partial charge is 0.266 e. The number of amides is 1. The lowest BCUT2D eigenvalue weighted by molar-refractivity contribution is -0.114. The van der Waals surface area contributed by atoms with Gasteiger partial charge in [-0.1, -0.05) is 30.3 Å². The van der Waals surface area contributed by atoms with E-state index in [0.717, 1.165) is 22.7 Å². The molecule has 0 fully saturated rings. The van der Waals surface area contributed by atoms with E-state index in [9.17, 15) is 4.79 Å². The van der Waals surface area contributed by atoms with Crippen LogP contribution in [-0.4, -0.2) is 5.91 Å². The van der Waals surface area contributed by atoms with E-state index in [1.807, 2.05) is 42.5 Å². The molecule has 0 saturated carbocycles. The van der Waals surface area contributed by atoms with Crippen molar-refractivity contribution < 1.29 is 4.79 Å². The molecule has 86 valence electrons. The van der Waals surface area contributed by atoms with Gasteiger partial charge in [-0.15, -0.1) is 0 Å². The number of carbonyl (C=O) groups excluding carboxylic acids is 1. The molecule has 2 aromatic rings. The number of carbonyl (C=O) groups is 1. The monoisotopic (exact) mass is 227 g/mol. The van der Waals surface area contributed by atoms with E-state index in [1.165, 1.54) is 0 Å². The molecule has 2 aromatic carbocycles. The number of nitrogens with two attached hydrogens (primary N) is 2. The number of primary amides is 1. The van der Waals surface area contributed by atoms with Crippen molar-refractivity contribution in [3.63, 3.8) is 0 Å². The van der Waals surface area contributed by atoms with Crippen LogP contribution in [0.1, 0.15) is 0 Å². The topological polar surface area (TPSA) is 81.1 Å². The predicted molar refractivity (Wildman–Crippen MR) is 69.0 cm³/mol. The van der Waals surface area contributed by atoms with Gasteiger partial charge in [-0.25, -0.2) is 0 Å². The van der Waals surface area contributed by atoms with Crippen LogP contribution in [-0.2, 0) is 4.79 Å². The maximum Gasteiger partial charge on any atom is 0.266 e. The minimum Gasteiger partial charge on any atom is -0.403 e. The summed E-state index contributed by atoms with van der Waals surface area (Å²) in [5.41, 5.74) is 11.4. The predicted octanol–water partition coefficient (Wildman–Crippen LogP) is 1.54. The fourth-order valence-electron chi connectivity index (χ4n) is 1.61. The van der Waals surface area contributed by atoms with Gasteiger partial charge in [0.25, 0.3) is 5.91 Å². The molecule has 0 aliphatic rings. The third-order valence-corrected chi connectivity index (χ3v) is 2.46. The molecule has 0 spiro atoms. The molecule has 0 radical (unpaired) electrons. The number of benzene rings is 2. The molecule has 0 aliphatic carbocycles. The number of hydrogen-bond donors (Lipinski definition) is 3. The fourth-order valence-corrected chi connectivity index (χ4v) is 1.61. The first kappa shape index (κ1) is 11.0. The summed E-state index contributed by atoms with van der Waals surface area (Å²) in [5.74, 6) is -0.583. The standard InChI is InChI=1S/C13H13N3O/c14-8-12(13(15)17)16-11-6-5-9-3-1-2-4-10(9)7-11/h1-8,16H,14H2,(H2,15,17). The SMILES string of the molecule is NC=C(Nc1ccc2ccccc2c1)C(N)=O. The lowest BCUT2D eigenvalue weighted by atomic mass is 10.1. The lowest BCUT2D eigenvalue weighted by Gasteiger charge is -2.08. The molecule has 0 bridgehead atoms. The summed E-state index contributed by atoms with van der Waals surface area (Å²) < 4.78 is 0. The van der Waals surface area contributed by atoms with E-state index in [4.69, 9.17) is 11.5 Å². The Morgan fingerprint density at radius 2 is 1.82 bits per heavy atom. The summed E-state index contributed by atoms with van der Waals surface area (Å²) in [5, 5.41) is 5.10. The molecule has 1 amide bonds. The normalized spacial score (nSPS) is 11.4. The van der Waals surface area contributed by atoms with Crippen LogP contribution in [0.4, 0.5) is 5.69 Å². The van der Waals surface area contributed by atoms with Crippen LogP contribution >= 0.6 is 0 Å². The van der Waals surface area contributed by atoms with Gasteiger partial charge in [-0.05, 0) is 22.9 Å². The Kier molecular flexibility index (Phi) is 2.96. The average molecular weight is 227 g/mol. The highest BCUT2D eigenvalue weighted by atomic mass is 16.1. The first-order valence-corrected chi connectivity index (χ1v) is 5.18. The molecule has 0 aromatic heterocycles. The Bertz CT molecular complexity index is 590. The first-order chi connectivity index (χ1) is 8.20.